The Bertz CT molecular complexity index is 194. The third-order valence-electron chi connectivity index (χ3n) is 2.49. The number of carbonyl (C=O) groups excluding carboxylic acids is 1. The van der Waals surface area contributed by atoms with Crippen molar-refractivity contribution < 1.29 is 9.53 Å². The molecule has 1 rings (SSSR count). The second kappa shape index (κ2) is 4.29. The van der Waals surface area contributed by atoms with Gasteiger partial charge in [-0.2, -0.15) is 0 Å². The van der Waals surface area contributed by atoms with E-state index in [1.54, 1.807) is 6.08 Å². The molecule has 2 heteroatoms. The summed E-state index contributed by atoms with van der Waals surface area (Å²) in [5.74, 6) is 0.358. The van der Waals surface area contributed by atoms with Crippen LogP contribution in [0.2, 0.25) is 0 Å². The Hall–Kier alpha value is -0.790. The number of carbonyl (C=O) groups is 1. The molecule has 0 heterocycles. The summed E-state index contributed by atoms with van der Waals surface area (Å²) in [5.41, 5.74) is 1.26. The number of ether oxygens (including phenoxy) is 1. The van der Waals surface area contributed by atoms with Crippen LogP contribution in [0.4, 0.5) is 0 Å². The minimum Gasteiger partial charge on any atom is -0.466 e. The van der Waals surface area contributed by atoms with Gasteiger partial charge in [0.05, 0.1) is 7.11 Å². The van der Waals surface area contributed by atoms with Crippen molar-refractivity contribution in [2.75, 3.05) is 7.11 Å². The Labute approximate surface area is 73.6 Å². The first-order valence-corrected chi connectivity index (χ1v) is 4.52. The average Bonchev–Trinajstić information content (AvgIpc) is 2.09. The average molecular weight is 168 g/mol. The van der Waals surface area contributed by atoms with E-state index in [0.717, 1.165) is 6.42 Å². The molecule has 0 spiro atoms. The summed E-state index contributed by atoms with van der Waals surface area (Å²) in [6.07, 6.45) is 6.44. The van der Waals surface area contributed by atoms with Gasteiger partial charge < -0.3 is 4.74 Å². The molecule has 1 unspecified atom stereocenters. The first-order valence-electron chi connectivity index (χ1n) is 4.52. The molecule has 1 saturated carbocycles. The van der Waals surface area contributed by atoms with Crippen molar-refractivity contribution in [2.24, 2.45) is 5.92 Å². The van der Waals surface area contributed by atoms with Crippen LogP contribution in [-0.2, 0) is 9.53 Å². The standard InChI is InChI=1S/C10H16O2/c1-8-5-3-4-6-9(8)7-10(11)12-2/h7-8H,3-6H2,1-2H3. The molecule has 1 aliphatic rings. The van der Waals surface area contributed by atoms with Gasteiger partial charge in [0.25, 0.3) is 0 Å². The van der Waals surface area contributed by atoms with Gasteiger partial charge in [0.15, 0.2) is 0 Å². The lowest BCUT2D eigenvalue weighted by atomic mass is 9.85. The lowest BCUT2D eigenvalue weighted by Crippen LogP contribution is -2.08. The Balaban J connectivity index is 2.58. The maximum atomic E-state index is 10.9. The Kier molecular flexibility index (Phi) is 3.32. The van der Waals surface area contributed by atoms with Crippen LogP contribution >= 0.6 is 0 Å². The summed E-state index contributed by atoms with van der Waals surface area (Å²) in [5, 5.41) is 0. The molecule has 1 fully saturated rings. The largest absolute Gasteiger partial charge is 0.466 e. The number of methoxy groups -OCH3 is 1. The van der Waals surface area contributed by atoms with Gasteiger partial charge >= 0.3 is 5.97 Å². The van der Waals surface area contributed by atoms with Gasteiger partial charge in [-0.25, -0.2) is 4.79 Å². The van der Waals surface area contributed by atoms with Crippen molar-refractivity contribution in [1.82, 2.24) is 0 Å². The predicted octanol–water partition coefficient (Wildman–Crippen LogP) is 2.30. The van der Waals surface area contributed by atoms with Crippen LogP contribution in [0.3, 0.4) is 0 Å². The molecule has 1 aliphatic carbocycles. The molecule has 0 radical (unpaired) electrons. The number of hydrogen-bond donors (Lipinski definition) is 0. The van der Waals surface area contributed by atoms with Gasteiger partial charge in [0, 0.05) is 6.08 Å². The zero-order valence-electron chi connectivity index (χ0n) is 7.80. The van der Waals surface area contributed by atoms with E-state index in [1.165, 1.54) is 31.9 Å². The summed E-state index contributed by atoms with van der Waals surface area (Å²) < 4.78 is 4.59. The SMILES string of the molecule is COC(=O)C=C1CCCCC1C. The van der Waals surface area contributed by atoms with Crippen molar-refractivity contribution in [3.05, 3.63) is 11.6 Å². The molecule has 0 amide bonds. The Morgan fingerprint density at radius 2 is 2.33 bits per heavy atom. The lowest BCUT2D eigenvalue weighted by Gasteiger charge is -2.20. The first kappa shape index (κ1) is 9.30. The molecule has 2 nitrogen and oxygen atoms in total. The van der Waals surface area contributed by atoms with E-state index in [1.807, 2.05) is 0 Å². The van der Waals surface area contributed by atoms with E-state index >= 15 is 0 Å². The number of esters is 1. The molecule has 0 aromatic rings. The fourth-order valence-electron chi connectivity index (χ4n) is 1.64. The summed E-state index contributed by atoms with van der Waals surface area (Å²) in [6.45, 7) is 2.17. The minimum absolute atomic E-state index is 0.209. The molecule has 0 aliphatic heterocycles. The highest BCUT2D eigenvalue weighted by molar-refractivity contribution is 5.82. The van der Waals surface area contributed by atoms with E-state index in [9.17, 15) is 4.79 Å². The summed E-state index contributed by atoms with van der Waals surface area (Å²) in [7, 11) is 1.42. The third-order valence-corrected chi connectivity index (χ3v) is 2.49. The van der Waals surface area contributed by atoms with Crippen LogP contribution in [0.25, 0.3) is 0 Å². The lowest BCUT2D eigenvalue weighted by molar-refractivity contribution is -0.134. The van der Waals surface area contributed by atoms with Crippen molar-refractivity contribution in [3.8, 4) is 0 Å². The predicted molar refractivity (Wildman–Crippen MR) is 47.7 cm³/mol. The quantitative estimate of drug-likeness (QED) is 0.443. The van der Waals surface area contributed by atoms with Crippen LogP contribution in [0.1, 0.15) is 32.6 Å². The van der Waals surface area contributed by atoms with Crippen molar-refractivity contribution in [1.29, 1.82) is 0 Å². The molecule has 12 heavy (non-hydrogen) atoms. The van der Waals surface area contributed by atoms with E-state index in [2.05, 4.69) is 11.7 Å². The maximum Gasteiger partial charge on any atom is 0.330 e. The highest BCUT2D eigenvalue weighted by Crippen LogP contribution is 2.28. The van der Waals surface area contributed by atoms with Crippen LogP contribution in [0, 0.1) is 5.92 Å². The maximum absolute atomic E-state index is 10.9. The van der Waals surface area contributed by atoms with Gasteiger partial charge in [-0.1, -0.05) is 18.9 Å². The molecule has 0 bridgehead atoms. The summed E-state index contributed by atoms with van der Waals surface area (Å²) >= 11 is 0. The molecule has 0 saturated heterocycles. The summed E-state index contributed by atoms with van der Waals surface area (Å²) in [4.78, 5) is 10.9. The highest BCUT2D eigenvalue weighted by Gasteiger charge is 2.14. The number of allylic oxidation sites excluding steroid dienone is 1. The van der Waals surface area contributed by atoms with E-state index < -0.39 is 0 Å². The Morgan fingerprint density at radius 1 is 1.58 bits per heavy atom. The molecule has 1 atom stereocenters. The van der Waals surface area contributed by atoms with Crippen molar-refractivity contribution in [2.45, 2.75) is 32.6 Å². The van der Waals surface area contributed by atoms with Gasteiger partial charge in [-0.05, 0) is 25.2 Å². The van der Waals surface area contributed by atoms with Gasteiger partial charge in [-0.3, -0.25) is 0 Å². The monoisotopic (exact) mass is 168 g/mol. The fraction of sp³-hybridized carbons (Fsp3) is 0.700. The van der Waals surface area contributed by atoms with Gasteiger partial charge in [0.1, 0.15) is 0 Å². The topological polar surface area (TPSA) is 26.3 Å². The minimum atomic E-state index is -0.209. The van der Waals surface area contributed by atoms with Crippen LogP contribution in [0.15, 0.2) is 11.6 Å². The van der Waals surface area contributed by atoms with Gasteiger partial charge in [0.2, 0.25) is 0 Å². The van der Waals surface area contributed by atoms with Crippen molar-refractivity contribution >= 4 is 5.97 Å². The molecule has 68 valence electrons. The molecule has 0 N–H and O–H groups in total. The Morgan fingerprint density at radius 3 is 2.92 bits per heavy atom. The number of hydrogen-bond acceptors (Lipinski definition) is 2. The van der Waals surface area contributed by atoms with E-state index in [0.29, 0.717) is 5.92 Å². The number of rotatable bonds is 1. The van der Waals surface area contributed by atoms with Crippen molar-refractivity contribution in [3.63, 3.8) is 0 Å². The van der Waals surface area contributed by atoms with Crippen LogP contribution in [0.5, 0.6) is 0 Å². The highest BCUT2D eigenvalue weighted by atomic mass is 16.5. The zero-order chi connectivity index (χ0) is 8.97. The second-order valence-corrected chi connectivity index (χ2v) is 3.39. The van der Waals surface area contributed by atoms with E-state index in [-0.39, 0.29) is 5.97 Å². The zero-order valence-corrected chi connectivity index (χ0v) is 7.80. The van der Waals surface area contributed by atoms with E-state index in [4.69, 9.17) is 0 Å². The molecule has 0 aromatic heterocycles. The molecular weight excluding hydrogens is 152 g/mol. The summed E-state index contributed by atoms with van der Waals surface area (Å²) in [6, 6.07) is 0. The third kappa shape index (κ3) is 2.36. The second-order valence-electron chi connectivity index (χ2n) is 3.39. The van der Waals surface area contributed by atoms with Crippen LogP contribution in [-0.4, -0.2) is 13.1 Å². The smallest absolute Gasteiger partial charge is 0.330 e. The fourth-order valence-corrected chi connectivity index (χ4v) is 1.64. The normalized spacial score (nSPS) is 27.2. The molecule has 0 aromatic carbocycles. The molecular formula is C10H16O2. The van der Waals surface area contributed by atoms with Crippen LogP contribution < -0.4 is 0 Å². The van der Waals surface area contributed by atoms with Gasteiger partial charge in [-0.15, -0.1) is 0 Å². The first-order chi connectivity index (χ1) is 5.74.